The first-order valence-corrected chi connectivity index (χ1v) is 13.1. The van der Waals surface area contributed by atoms with Crippen molar-refractivity contribution < 1.29 is 19.0 Å². The number of morpholine rings is 1. The van der Waals surface area contributed by atoms with Crippen molar-refractivity contribution in [3.8, 4) is 5.75 Å². The second-order valence-electron chi connectivity index (χ2n) is 9.18. The molecule has 0 aliphatic carbocycles. The van der Waals surface area contributed by atoms with Gasteiger partial charge in [0.15, 0.2) is 0 Å². The molecule has 37 heavy (non-hydrogen) atoms. The van der Waals surface area contributed by atoms with E-state index in [-0.39, 0.29) is 11.9 Å². The van der Waals surface area contributed by atoms with Gasteiger partial charge in [0.2, 0.25) is 0 Å². The number of halogens is 1. The summed E-state index contributed by atoms with van der Waals surface area (Å²) in [5.41, 5.74) is 2.88. The number of ether oxygens (including phenoxy) is 3. The lowest BCUT2D eigenvalue weighted by molar-refractivity contribution is -0.0153. The van der Waals surface area contributed by atoms with E-state index in [2.05, 4.69) is 17.0 Å². The van der Waals surface area contributed by atoms with Gasteiger partial charge in [-0.15, -0.1) is 0 Å². The Morgan fingerprint density at radius 2 is 1.65 bits per heavy atom. The molecule has 0 N–H and O–H groups in total. The van der Waals surface area contributed by atoms with Crippen LogP contribution in [0.1, 0.15) is 21.5 Å². The summed E-state index contributed by atoms with van der Waals surface area (Å²) >= 11 is 6.04. The number of nitrogens with zero attached hydrogens (tertiary/aromatic N) is 2. The van der Waals surface area contributed by atoms with Crippen LogP contribution >= 0.6 is 11.6 Å². The van der Waals surface area contributed by atoms with Gasteiger partial charge in [0.05, 0.1) is 25.9 Å². The predicted octanol–water partition coefficient (Wildman–Crippen LogP) is 4.95. The van der Waals surface area contributed by atoms with Crippen LogP contribution in [0.3, 0.4) is 0 Å². The van der Waals surface area contributed by atoms with E-state index in [1.54, 1.807) is 31.4 Å². The molecule has 0 bridgehead atoms. The van der Waals surface area contributed by atoms with Crippen LogP contribution in [0.4, 0.5) is 0 Å². The Morgan fingerprint density at radius 3 is 2.32 bits per heavy atom. The summed E-state index contributed by atoms with van der Waals surface area (Å²) in [7, 11) is 1.72. The third kappa shape index (κ3) is 8.30. The molecule has 1 amide bonds. The van der Waals surface area contributed by atoms with E-state index in [0.717, 1.165) is 44.0 Å². The molecular weight excluding hydrogens is 488 g/mol. The second-order valence-corrected chi connectivity index (χ2v) is 9.62. The van der Waals surface area contributed by atoms with Crippen LogP contribution in [0.5, 0.6) is 5.75 Å². The SMILES string of the molecule is COCC(COc1ccc(CN(CCc2ccccc2)C(=O)c2ccc(Cl)cc2)cc1)N1CCOCC1. The largest absolute Gasteiger partial charge is 0.492 e. The molecule has 4 rings (SSSR count). The van der Waals surface area contributed by atoms with Crippen LogP contribution in [0.15, 0.2) is 78.9 Å². The minimum atomic E-state index is -0.0131. The van der Waals surface area contributed by atoms with Gasteiger partial charge in [0.1, 0.15) is 12.4 Å². The summed E-state index contributed by atoms with van der Waals surface area (Å²) in [6.07, 6.45) is 0.782. The van der Waals surface area contributed by atoms with Crippen molar-refractivity contribution in [3.63, 3.8) is 0 Å². The van der Waals surface area contributed by atoms with Crippen molar-refractivity contribution in [1.82, 2.24) is 9.80 Å². The van der Waals surface area contributed by atoms with Gasteiger partial charge in [-0.2, -0.15) is 0 Å². The number of carbonyl (C=O) groups is 1. The summed E-state index contributed by atoms with van der Waals surface area (Å²) in [6, 6.07) is 25.5. The molecule has 0 saturated carbocycles. The summed E-state index contributed by atoms with van der Waals surface area (Å²) in [6.45, 7) is 5.53. The topological polar surface area (TPSA) is 51.2 Å². The maximum atomic E-state index is 13.4. The fourth-order valence-electron chi connectivity index (χ4n) is 4.43. The summed E-state index contributed by atoms with van der Waals surface area (Å²) in [5, 5.41) is 0.615. The highest BCUT2D eigenvalue weighted by molar-refractivity contribution is 6.30. The zero-order valence-corrected chi connectivity index (χ0v) is 22.1. The van der Waals surface area contributed by atoms with E-state index in [1.807, 2.05) is 47.4 Å². The van der Waals surface area contributed by atoms with E-state index in [1.165, 1.54) is 5.56 Å². The van der Waals surface area contributed by atoms with Gasteiger partial charge in [0.25, 0.3) is 5.91 Å². The maximum absolute atomic E-state index is 13.4. The monoisotopic (exact) mass is 522 g/mol. The zero-order chi connectivity index (χ0) is 25.9. The van der Waals surface area contributed by atoms with Gasteiger partial charge < -0.3 is 19.1 Å². The van der Waals surface area contributed by atoms with Crippen molar-refractivity contribution in [1.29, 1.82) is 0 Å². The summed E-state index contributed by atoms with van der Waals surface area (Å²) < 4.78 is 17.0. The first-order valence-electron chi connectivity index (χ1n) is 12.7. The van der Waals surface area contributed by atoms with E-state index in [9.17, 15) is 4.79 Å². The Kier molecular flexibility index (Phi) is 10.4. The van der Waals surface area contributed by atoms with Crippen LogP contribution in [-0.4, -0.2) is 74.9 Å². The van der Waals surface area contributed by atoms with Gasteiger partial charge in [-0.25, -0.2) is 0 Å². The molecule has 3 aromatic rings. The Labute approximate surface area is 224 Å². The first-order chi connectivity index (χ1) is 18.1. The Balaban J connectivity index is 1.39. The van der Waals surface area contributed by atoms with E-state index in [4.69, 9.17) is 25.8 Å². The quantitative estimate of drug-likeness (QED) is 0.337. The van der Waals surface area contributed by atoms with Gasteiger partial charge in [-0.05, 0) is 53.9 Å². The van der Waals surface area contributed by atoms with Crippen molar-refractivity contribution in [2.75, 3.05) is 53.2 Å². The van der Waals surface area contributed by atoms with Crippen LogP contribution in [0, 0.1) is 0 Å². The van der Waals surface area contributed by atoms with Crippen molar-refractivity contribution >= 4 is 17.5 Å². The van der Waals surface area contributed by atoms with Gasteiger partial charge in [-0.3, -0.25) is 9.69 Å². The standard InChI is InChI=1S/C30H35ClN2O4/c1-35-22-28(32-17-19-36-20-18-32)23-37-29-13-7-25(8-14-29)21-33(16-15-24-5-3-2-4-6-24)30(34)26-9-11-27(31)12-10-26/h2-14,28H,15-23H2,1H3. The van der Waals surface area contributed by atoms with Crippen molar-refractivity contribution in [2.24, 2.45) is 0 Å². The number of carbonyl (C=O) groups excluding carboxylic acids is 1. The number of amides is 1. The minimum Gasteiger partial charge on any atom is -0.492 e. The molecule has 1 aliphatic rings. The van der Waals surface area contributed by atoms with Crippen molar-refractivity contribution in [2.45, 2.75) is 19.0 Å². The van der Waals surface area contributed by atoms with Crippen LogP contribution < -0.4 is 4.74 Å². The molecule has 0 spiro atoms. The van der Waals surface area contributed by atoms with Crippen LogP contribution in [-0.2, 0) is 22.4 Å². The average molecular weight is 523 g/mol. The molecule has 7 heteroatoms. The Hall–Kier alpha value is -2.90. The molecule has 6 nitrogen and oxygen atoms in total. The molecule has 1 atom stereocenters. The highest BCUT2D eigenvalue weighted by atomic mass is 35.5. The molecule has 1 heterocycles. The number of hydrogen-bond acceptors (Lipinski definition) is 5. The number of hydrogen-bond donors (Lipinski definition) is 0. The van der Waals surface area contributed by atoms with Crippen molar-refractivity contribution in [3.05, 3.63) is 101 Å². The average Bonchev–Trinajstić information content (AvgIpc) is 2.95. The molecule has 1 aliphatic heterocycles. The molecule has 0 radical (unpaired) electrons. The summed E-state index contributed by atoms with van der Waals surface area (Å²) in [5.74, 6) is 0.791. The predicted molar refractivity (Wildman–Crippen MR) is 146 cm³/mol. The fourth-order valence-corrected chi connectivity index (χ4v) is 4.56. The van der Waals surface area contributed by atoms with Crippen LogP contribution in [0.2, 0.25) is 5.02 Å². The third-order valence-electron chi connectivity index (χ3n) is 6.55. The van der Waals surface area contributed by atoms with Gasteiger partial charge in [-0.1, -0.05) is 54.1 Å². The number of rotatable bonds is 12. The molecular formula is C30H35ClN2O4. The molecule has 3 aromatic carbocycles. The smallest absolute Gasteiger partial charge is 0.254 e. The molecule has 1 saturated heterocycles. The Morgan fingerprint density at radius 1 is 0.946 bits per heavy atom. The molecule has 1 fully saturated rings. The lowest BCUT2D eigenvalue weighted by atomic mass is 10.1. The zero-order valence-electron chi connectivity index (χ0n) is 21.4. The first kappa shape index (κ1) is 27.1. The number of methoxy groups -OCH3 is 1. The Bertz CT molecular complexity index is 1090. The molecule has 1 unspecified atom stereocenters. The van der Waals surface area contributed by atoms with Gasteiger partial charge >= 0.3 is 0 Å². The fraction of sp³-hybridized carbons (Fsp3) is 0.367. The van der Waals surface area contributed by atoms with E-state index in [0.29, 0.717) is 36.9 Å². The van der Waals surface area contributed by atoms with Crippen LogP contribution in [0.25, 0.3) is 0 Å². The molecule has 196 valence electrons. The maximum Gasteiger partial charge on any atom is 0.254 e. The lowest BCUT2D eigenvalue weighted by Crippen LogP contribution is -2.48. The second kappa shape index (κ2) is 14.1. The highest BCUT2D eigenvalue weighted by Gasteiger charge is 2.22. The third-order valence-corrected chi connectivity index (χ3v) is 6.80. The lowest BCUT2D eigenvalue weighted by Gasteiger charge is -2.33. The van der Waals surface area contributed by atoms with E-state index >= 15 is 0 Å². The normalized spacial score (nSPS) is 14.8. The minimum absolute atomic E-state index is 0.0131. The highest BCUT2D eigenvalue weighted by Crippen LogP contribution is 2.18. The molecule has 0 aromatic heterocycles. The summed E-state index contributed by atoms with van der Waals surface area (Å²) in [4.78, 5) is 17.6. The van der Waals surface area contributed by atoms with E-state index < -0.39 is 0 Å². The number of benzene rings is 3. The van der Waals surface area contributed by atoms with Gasteiger partial charge in [0, 0.05) is 43.9 Å².